The normalized spacial score (nSPS) is 20.8. The first-order chi connectivity index (χ1) is 6.36. The molecule has 0 unspecified atom stereocenters. The molecule has 1 fully saturated rings. The van der Waals surface area contributed by atoms with Crippen LogP contribution in [0.5, 0.6) is 0 Å². The highest BCUT2D eigenvalue weighted by Crippen LogP contribution is 2.19. The van der Waals surface area contributed by atoms with E-state index in [1.54, 1.807) is 0 Å². The van der Waals surface area contributed by atoms with Crippen LogP contribution in [0.25, 0.3) is 0 Å². The van der Waals surface area contributed by atoms with Gasteiger partial charge in [0.2, 0.25) is 0 Å². The van der Waals surface area contributed by atoms with Crippen molar-refractivity contribution in [2.45, 2.75) is 32.6 Å². The van der Waals surface area contributed by atoms with Gasteiger partial charge in [0.15, 0.2) is 0 Å². The van der Waals surface area contributed by atoms with Gasteiger partial charge in [-0.2, -0.15) is 0 Å². The Balaban J connectivity index is 2.08. The first kappa shape index (κ1) is 11.7. The van der Waals surface area contributed by atoms with Gasteiger partial charge >= 0.3 is 0 Å². The van der Waals surface area contributed by atoms with Gasteiger partial charge in [0.05, 0.1) is 0 Å². The average molecular weight is 296 g/mol. The molecule has 0 atom stereocenters. The van der Waals surface area contributed by atoms with Crippen molar-refractivity contribution >= 4 is 22.9 Å². The summed E-state index contributed by atoms with van der Waals surface area (Å²) in [7, 11) is 0. The molecular formula is C10H21IN2. The number of likely N-dealkylation sites (tertiary alicyclic amines) is 1. The fourth-order valence-electron chi connectivity index (χ4n) is 2.07. The smallest absolute Gasteiger partial charge is 0.0169 e. The van der Waals surface area contributed by atoms with Crippen LogP contribution in [0.1, 0.15) is 32.6 Å². The second-order valence-corrected chi connectivity index (χ2v) is 4.72. The number of hydrogen-bond donors (Lipinski definition) is 1. The Bertz CT molecular complexity index is 122. The molecule has 2 nitrogen and oxygen atoms in total. The van der Waals surface area contributed by atoms with E-state index in [-0.39, 0.29) is 0 Å². The van der Waals surface area contributed by atoms with Gasteiger partial charge < -0.3 is 4.90 Å². The van der Waals surface area contributed by atoms with E-state index in [1.165, 1.54) is 51.9 Å². The van der Waals surface area contributed by atoms with E-state index in [0.29, 0.717) is 0 Å². The van der Waals surface area contributed by atoms with Crippen molar-refractivity contribution < 1.29 is 0 Å². The second kappa shape index (κ2) is 7.01. The van der Waals surface area contributed by atoms with Crippen LogP contribution in [-0.2, 0) is 0 Å². The summed E-state index contributed by atoms with van der Waals surface area (Å²) < 4.78 is 3.21. The van der Waals surface area contributed by atoms with Gasteiger partial charge in [-0.25, -0.2) is 0 Å². The van der Waals surface area contributed by atoms with E-state index in [2.05, 4.69) is 38.2 Å². The summed E-state index contributed by atoms with van der Waals surface area (Å²) in [6, 6.07) is 0. The molecule has 0 saturated carbocycles. The van der Waals surface area contributed by atoms with E-state index < -0.39 is 0 Å². The molecule has 0 amide bonds. The molecule has 0 bridgehead atoms. The lowest BCUT2D eigenvalue weighted by Gasteiger charge is -2.31. The van der Waals surface area contributed by atoms with Gasteiger partial charge in [-0.1, -0.05) is 6.92 Å². The predicted octanol–water partition coefficient (Wildman–Crippen LogP) is 2.44. The Morgan fingerprint density at radius 1 is 1.38 bits per heavy atom. The summed E-state index contributed by atoms with van der Waals surface area (Å²) in [5.41, 5.74) is 0. The van der Waals surface area contributed by atoms with Crippen LogP contribution >= 0.6 is 22.9 Å². The predicted molar refractivity (Wildman–Crippen MR) is 66.1 cm³/mol. The minimum atomic E-state index is 0.982. The van der Waals surface area contributed by atoms with Crippen LogP contribution in [0.15, 0.2) is 0 Å². The quantitative estimate of drug-likeness (QED) is 0.619. The maximum absolute atomic E-state index is 3.21. The van der Waals surface area contributed by atoms with Crippen molar-refractivity contribution in [3.8, 4) is 0 Å². The molecule has 0 aromatic carbocycles. The highest BCUT2D eigenvalue weighted by molar-refractivity contribution is 14.1. The fourth-order valence-corrected chi connectivity index (χ4v) is 2.39. The van der Waals surface area contributed by atoms with Crippen molar-refractivity contribution in [1.82, 2.24) is 8.43 Å². The standard InChI is InChI=1S/C10H21IN2/c1-2-7-13-8-4-10(5-9-13)3-6-12-11/h10,12H,2-9H2,1H3. The van der Waals surface area contributed by atoms with Gasteiger partial charge in [0.25, 0.3) is 0 Å². The summed E-state index contributed by atoms with van der Waals surface area (Å²) in [6.45, 7) is 7.42. The monoisotopic (exact) mass is 296 g/mol. The summed E-state index contributed by atoms with van der Waals surface area (Å²) in [5.74, 6) is 0.982. The van der Waals surface area contributed by atoms with Gasteiger partial charge in [0, 0.05) is 29.4 Å². The Kier molecular flexibility index (Phi) is 6.32. The van der Waals surface area contributed by atoms with E-state index in [1.807, 2.05) is 0 Å². The van der Waals surface area contributed by atoms with Crippen molar-refractivity contribution in [2.24, 2.45) is 5.92 Å². The minimum absolute atomic E-state index is 0.982. The average Bonchev–Trinajstić information content (AvgIpc) is 2.17. The topological polar surface area (TPSA) is 15.3 Å². The van der Waals surface area contributed by atoms with Crippen molar-refractivity contribution in [3.63, 3.8) is 0 Å². The Morgan fingerprint density at radius 3 is 2.62 bits per heavy atom. The number of nitrogens with one attached hydrogen (secondary N) is 1. The maximum Gasteiger partial charge on any atom is 0.0169 e. The third kappa shape index (κ3) is 4.61. The van der Waals surface area contributed by atoms with Crippen molar-refractivity contribution in [3.05, 3.63) is 0 Å². The zero-order valence-electron chi connectivity index (χ0n) is 8.56. The summed E-state index contributed by atoms with van der Waals surface area (Å²) in [4.78, 5) is 2.61. The molecular weight excluding hydrogens is 275 g/mol. The van der Waals surface area contributed by atoms with E-state index in [4.69, 9.17) is 0 Å². The zero-order chi connectivity index (χ0) is 9.52. The van der Waals surface area contributed by atoms with Crippen LogP contribution in [0, 0.1) is 5.92 Å². The largest absolute Gasteiger partial charge is 0.303 e. The molecule has 0 radical (unpaired) electrons. The van der Waals surface area contributed by atoms with Gasteiger partial charge in [-0.15, -0.1) is 0 Å². The van der Waals surface area contributed by atoms with Crippen molar-refractivity contribution in [2.75, 3.05) is 26.2 Å². The number of hydrogen-bond acceptors (Lipinski definition) is 2. The summed E-state index contributed by atoms with van der Waals surface area (Å²) >= 11 is 2.24. The third-order valence-corrected chi connectivity index (χ3v) is 3.43. The lowest BCUT2D eigenvalue weighted by atomic mass is 9.93. The Labute approximate surface area is 95.9 Å². The lowest BCUT2D eigenvalue weighted by molar-refractivity contribution is 0.180. The highest BCUT2D eigenvalue weighted by atomic mass is 127. The van der Waals surface area contributed by atoms with Crippen LogP contribution in [-0.4, -0.2) is 31.1 Å². The van der Waals surface area contributed by atoms with Crippen LogP contribution in [0.2, 0.25) is 0 Å². The third-order valence-electron chi connectivity index (χ3n) is 2.89. The first-order valence-corrected chi connectivity index (χ1v) is 6.50. The van der Waals surface area contributed by atoms with E-state index >= 15 is 0 Å². The Morgan fingerprint density at radius 2 is 2.08 bits per heavy atom. The van der Waals surface area contributed by atoms with Crippen LogP contribution in [0.4, 0.5) is 0 Å². The van der Waals surface area contributed by atoms with Gasteiger partial charge in [0.1, 0.15) is 0 Å². The lowest BCUT2D eigenvalue weighted by Crippen LogP contribution is -2.34. The molecule has 78 valence electrons. The first-order valence-electron chi connectivity index (χ1n) is 5.42. The zero-order valence-corrected chi connectivity index (χ0v) is 10.7. The molecule has 3 heteroatoms. The minimum Gasteiger partial charge on any atom is -0.303 e. The van der Waals surface area contributed by atoms with Gasteiger partial charge in [-0.05, 0) is 51.2 Å². The molecule has 0 aromatic rings. The summed E-state index contributed by atoms with van der Waals surface area (Å²) in [5, 5.41) is 0. The molecule has 1 aliphatic rings. The summed E-state index contributed by atoms with van der Waals surface area (Å²) in [6.07, 6.45) is 5.50. The molecule has 1 aliphatic heterocycles. The Hall–Kier alpha value is 0.650. The SMILES string of the molecule is CCCN1CCC(CCNI)CC1. The molecule has 1 N–H and O–H groups in total. The maximum atomic E-state index is 3.21. The molecule has 13 heavy (non-hydrogen) atoms. The highest BCUT2D eigenvalue weighted by Gasteiger charge is 2.17. The molecule has 1 saturated heterocycles. The van der Waals surface area contributed by atoms with Crippen LogP contribution in [0.3, 0.4) is 0 Å². The number of nitrogens with zero attached hydrogens (tertiary/aromatic N) is 1. The molecule has 0 aromatic heterocycles. The fraction of sp³-hybridized carbons (Fsp3) is 1.00. The van der Waals surface area contributed by atoms with Crippen molar-refractivity contribution in [1.29, 1.82) is 0 Å². The van der Waals surface area contributed by atoms with Crippen LogP contribution < -0.4 is 3.53 Å². The van der Waals surface area contributed by atoms with E-state index in [0.717, 1.165) is 5.92 Å². The molecule has 0 spiro atoms. The number of halogens is 1. The number of rotatable bonds is 5. The second-order valence-electron chi connectivity index (χ2n) is 3.96. The van der Waals surface area contributed by atoms with Gasteiger partial charge in [-0.3, -0.25) is 3.53 Å². The number of piperidine rings is 1. The van der Waals surface area contributed by atoms with E-state index in [9.17, 15) is 0 Å². The molecule has 1 heterocycles. The molecule has 0 aliphatic carbocycles. The molecule has 1 rings (SSSR count).